The van der Waals surface area contributed by atoms with Gasteiger partial charge in [-0.15, -0.1) is 0 Å². The van der Waals surface area contributed by atoms with Gasteiger partial charge in [0.25, 0.3) is 0 Å². The number of hydrogen-bond donors (Lipinski definition) is 0. The van der Waals surface area contributed by atoms with Gasteiger partial charge in [-0.3, -0.25) is 9.78 Å². The predicted octanol–water partition coefficient (Wildman–Crippen LogP) is 4.38. The van der Waals surface area contributed by atoms with Crippen molar-refractivity contribution in [1.82, 2.24) is 9.88 Å². The maximum atomic E-state index is 13.0. The van der Waals surface area contributed by atoms with E-state index in [9.17, 15) is 4.79 Å². The number of benzene rings is 1. The summed E-state index contributed by atoms with van der Waals surface area (Å²) in [5, 5.41) is 0. The summed E-state index contributed by atoms with van der Waals surface area (Å²) in [6.07, 6.45) is 6.01. The van der Waals surface area contributed by atoms with Crippen molar-refractivity contribution < 1.29 is 14.3 Å². The Morgan fingerprint density at radius 3 is 2.37 bits per heavy atom. The summed E-state index contributed by atoms with van der Waals surface area (Å²) >= 11 is 3.58. The average molecular weight is 433 g/mol. The second-order valence-electron chi connectivity index (χ2n) is 6.54. The van der Waals surface area contributed by atoms with Crippen LogP contribution < -0.4 is 9.47 Å². The van der Waals surface area contributed by atoms with Gasteiger partial charge in [-0.1, -0.05) is 15.9 Å². The molecule has 0 N–H and O–H groups in total. The third-order valence-corrected chi connectivity index (χ3v) is 5.20. The number of amides is 1. The van der Waals surface area contributed by atoms with Crippen LogP contribution in [-0.2, 0) is 17.8 Å². The van der Waals surface area contributed by atoms with E-state index < -0.39 is 0 Å². The van der Waals surface area contributed by atoms with Crippen LogP contribution in [0.5, 0.6) is 11.5 Å². The summed E-state index contributed by atoms with van der Waals surface area (Å²) in [7, 11) is 0. The molecule has 0 radical (unpaired) electrons. The number of hydrogen-bond acceptors (Lipinski definition) is 4. The molecule has 0 saturated heterocycles. The Bertz CT molecular complexity index is 778. The molecule has 0 spiro atoms. The Labute approximate surface area is 168 Å². The van der Waals surface area contributed by atoms with Gasteiger partial charge in [0.15, 0.2) is 11.5 Å². The minimum absolute atomic E-state index is 0.127. The molecule has 1 aromatic carbocycles. The first-order valence-electron chi connectivity index (χ1n) is 9.38. The van der Waals surface area contributed by atoms with Crippen molar-refractivity contribution in [3.8, 4) is 11.5 Å². The van der Waals surface area contributed by atoms with Crippen LogP contribution in [0, 0.1) is 0 Å². The molecule has 1 aromatic heterocycles. The number of halogens is 1. The topological polar surface area (TPSA) is 51.7 Å². The van der Waals surface area contributed by atoms with Crippen molar-refractivity contribution in [3.63, 3.8) is 0 Å². The highest BCUT2D eigenvalue weighted by molar-refractivity contribution is 9.10. The number of carbonyl (C=O) groups is 1. The molecular formula is C21H25BrN2O3. The highest BCUT2D eigenvalue weighted by Gasteiger charge is 2.32. The van der Waals surface area contributed by atoms with Crippen LogP contribution in [0.1, 0.15) is 37.8 Å². The van der Waals surface area contributed by atoms with Gasteiger partial charge in [0, 0.05) is 29.5 Å². The molecule has 1 aliphatic carbocycles. The average Bonchev–Trinajstić information content (AvgIpc) is 3.49. The molecule has 1 saturated carbocycles. The Balaban J connectivity index is 1.77. The van der Waals surface area contributed by atoms with E-state index in [1.54, 1.807) is 12.4 Å². The van der Waals surface area contributed by atoms with Crippen molar-refractivity contribution in [1.29, 1.82) is 0 Å². The van der Waals surface area contributed by atoms with Crippen molar-refractivity contribution in [2.75, 3.05) is 13.2 Å². The number of aromatic nitrogens is 1. The van der Waals surface area contributed by atoms with Crippen LogP contribution in [0.2, 0.25) is 0 Å². The molecule has 2 aromatic rings. The smallest absolute Gasteiger partial charge is 0.227 e. The first kappa shape index (κ1) is 19.7. The Morgan fingerprint density at radius 1 is 1.15 bits per heavy atom. The lowest BCUT2D eigenvalue weighted by Gasteiger charge is -2.23. The quantitative estimate of drug-likeness (QED) is 0.589. The zero-order valence-electron chi connectivity index (χ0n) is 15.8. The molecule has 1 fully saturated rings. The van der Waals surface area contributed by atoms with Crippen molar-refractivity contribution in [2.24, 2.45) is 0 Å². The van der Waals surface area contributed by atoms with Crippen molar-refractivity contribution in [2.45, 2.75) is 45.7 Å². The fraction of sp³-hybridized carbons (Fsp3) is 0.429. The van der Waals surface area contributed by atoms with Gasteiger partial charge < -0.3 is 14.4 Å². The van der Waals surface area contributed by atoms with Gasteiger partial charge in [0.1, 0.15) is 0 Å². The van der Waals surface area contributed by atoms with E-state index in [-0.39, 0.29) is 5.91 Å². The van der Waals surface area contributed by atoms with Crippen molar-refractivity contribution in [3.05, 3.63) is 52.3 Å². The van der Waals surface area contributed by atoms with E-state index >= 15 is 0 Å². The summed E-state index contributed by atoms with van der Waals surface area (Å²) in [6.45, 7) is 5.61. The lowest BCUT2D eigenvalue weighted by molar-refractivity contribution is -0.131. The lowest BCUT2D eigenvalue weighted by atomic mass is 10.1. The van der Waals surface area contributed by atoms with E-state index in [2.05, 4.69) is 20.9 Å². The highest BCUT2D eigenvalue weighted by Crippen LogP contribution is 2.35. The molecule has 144 valence electrons. The molecule has 0 aliphatic heterocycles. The monoisotopic (exact) mass is 432 g/mol. The van der Waals surface area contributed by atoms with Gasteiger partial charge in [-0.2, -0.15) is 0 Å². The second-order valence-corrected chi connectivity index (χ2v) is 7.40. The first-order chi connectivity index (χ1) is 13.1. The maximum absolute atomic E-state index is 13.0. The fourth-order valence-electron chi connectivity index (χ4n) is 3.01. The highest BCUT2D eigenvalue weighted by atomic mass is 79.9. The number of nitrogens with zero attached hydrogens (tertiary/aromatic N) is 2. The van der Waals surface area contributed by atoms with Crippen LogP contribution in [-0.4, -0.2) is 35.0 Å². The van der Waals surface area contributed by atoms with Crippen LogP contribution in [0.4, 0.5) is 0 Å². The van der Waals surface area contributed by atoms with E-state index in [1.165, 1.54) is 0 Å². The molecule has 27 heavy (non-hydrogen) atoms. The van der Waals surface area contributed by atoms with Crippen molar-refractivity contribution >= 4 is 21.8 Å². The largest absolute Gasteiger partial charge is 0.490 e. The third-order valence-electron chi connectivity index (χ3n) is 4.46. The first-order valence-corrected chi connectivity index (χ1v) is 10.2. The number of ether oxygens (including phenoxy) is 2. The Morgan fingerprint density at radius 2 is 1.78 bits per heavy atom. The van der Waals surface area contributed by atoms with Crippen LogP contribution in [0.25, 0.3) is 0 Å². The predicted molar refractivity (Wildman–Crippen MR) is 108 cm³/mol. The Kier molecular flexibility index (Phi) is 6.72. The molecule has 3 rings (SSSR count). The van der Waals surface area contributed by atoms with E-state index in [1.807, 2.05) is 43.0 Å². The van der Waals surface area contributed by atoms with E-state index in [0.29, 0.717) is 43.7 Å². The standard InChI is InChI=1S/C21H25BrN2O3/c1-3-26-19-11-16(18(22)13-20(19)27-4-2)12-21(25)24(17-5-6-17)14-15-7-9-23-10-8-15/h7-11,13,17H,3-6,12,14H2,1-2H3. The summed E-state index contributed by atoms with van der Waals surface area (Å²) in [4.78, 5) is 19.1. The number of carbonyl (C=O) groups excluding carboxylic acids is 1. The fourth-order valence-corrected chi connectivity index (χ4v) is 3.47. The minimum Gasteiger partial charge on any atom is -0.490 e. The molecule has 6 heteroatoms. The van der Waals surface area contributed by atoms with E-state index in [0.717, 1.165) is 28.4 Å². The zero-order valence-corrected chi connectivity index (χ0v) is 17.4. The number of pyridine rings is 1. The van der Waals surface area contributed by atoms with E-state index in [4.69, 9.17) is 9.47 Å². The Hall–Kier alpha value is -2.08. The molecule has 1 aliphatic rings. The van der Waals surface area contributed by atoms with Gasteiger partial charge in [-0.05, 0) is 62.1 Å². The SMILES string of the molecule is CCOc1cc(Br)c(CC(=O)N(Cc2ccncc2)C2CC2)cc1OCC. The van der Waals surface area contributed by atoms with Crippen LogP contribution in [0.15, 0.2) is 41.1 Å². The molecule has 0 unspecified atom stereocenters. The molecule has 5 nitrogen and oxygen atoms in total. The third kappa shape index (κ3) is 5.22. The molecular weight excluding hydrogens is 408 g/mol. The summed E-state index contributed by atoms with van der Waals surface area (Å²) < 4.78 is 12.2. The molecule has 1 heterocycles. The van der Waals surface area contributed by atoms with Gasteiger partial charge in [0.05, 0.1) is 19.6 Å². The molecule has 0 bridgehead atoms. The molecule has 0 atom stereocenters. The van der Waals surface area contributed by atoms with Crippen LogP contribution in [0.3, 0.4) is 0 Å². The van der Waals surface area contributed by atoms with Crippen LogP contribution >= 0.6 is 15.9 Å². The summed E-state index contributed by atoms with van der Waals surface area (Å²) in [5.74, 6) is 1.50. The normalized spacial score (nSPS) is 13.3. The molecule has 1 amide bonds. The maximum Gasteiger partial charge on any atom is 0.227 e. The lowest BCUT2D eigenvalue weighted by Crippen LogP contribution is -2.33. The zero-order chi connectivity index (χ0) is 19.2. The second kappa shape index (κ2) is 9.22. The summed E-state index contributed by atoms with van der Waals surface area (Å²) in [6, 6.07) is 8.07. The minimum atomic E-state index is 0.127. The van der Waals surface area contributed by atoms with Gasteiger partial charge in [-0.25, -0.2) is 0 Å². The number of rotatable bonds is 9. The summed E-state index contributed by atoms with van der Waals surface area (Å²) in [5.41, 5.74) is 2.01. The van der Waals surface area contributed by atoms with Gasteiger partial charge >= 0.3 is 0 Å². The van der Waals surface area contributed by atoms with Gasteiger partial charge in [0.2, 0.25) is 5.91 Å².